The molecular formula is C21H18ClNO2. The maximum absolute atomic E-state index is 13.0. The highest BCUT2D eigenvalue weighted by Crippen LogP contribution is 2.40. The molecule has 1 amide bonds. The van der Waals surface area contributed by atoms with E-state index >= 15 is 0 Å². The van der Waals surface area contributed by atoms with Crippen molar-refractivity contribution in [1.82, 2.24) is 0 Å². The molecule has 0 bridgehead atoms. The van der Waals surface area contributed by atoms with Gasteiger partial charge in [-0.05, 0) is 48.4 Å². The van der Waals surface area contributed by atoms with Gasteiger partial charge in [0.05, 0.1) is 12.2 Å². The minimum atomic E-state index is -0.911. The zero-order chi connectivity index (χ0) is 17.6. The topological polar surface area (TPSA) is 29.5 Å². The van der Waals surface area contributed by atoms with Gasteiger partial charge in [-0.2, -0.15) is 0 Å². The van der Waals surface area contributed by atoms with Gasteiger partial charge >= 0.3 is 0 Å². The van der Waals surface area contributed by atoms with Crippen molar-refractivity contribution in [3.05, 3.63) is 71.2 Å². The Bertz CT molecular complexity index is 975. The van der Waals surface area contributed by atoms with Gasteiger partial charge in [0.2, 0.25) is 0 Å². The SMILES string of the molecule is CC1(C)Oc2ccc(Cl)cc2N(Cc2cccc3ccccc23)C1=O. The number of nitrogens with zero attached hydrogens (tertiary/aromatic N) is 1. The van der Waals surface area contributed by atoms with Crippen molar-refractivity contribution < 1.29 is 9.53 Å². The van der Waals surface area contributed by atoms with E-state index < -0.39 is 5.60 Å². The van der Waals surface area contributed by atoms with Crippen molar-refractivity contribution in [3.63, 3.8) is 0 Å². The Morgan fingerprint density at radius 2 is 1.80 bits per heavy atom. The van der Waals surface area contributed by atoms with Crippen LogP contribution in [0.3, 0.4) is 0 Å². The molecule has 4 rings (SSSR count). The van der Waals surface area contributed by atoms with Crippen molar-refractivity contribution in [2.75, 3.05) is 4.90 Å². The molecule has 1 heterocycles. The lowest BCUT2D eigenvalue weighted by molar-refractivity contribution is -0.132. The Morgan fingerprint density at radius 1 is 1.04 bits per heavy atom. The van der Waals surface area contributed by atoms with Gasteiger partial charge < -0.3 is 9.64 Å². The van der Waals surface area contributed by atoms with Crippen molar-refractivity contribution in [3.8, 4) is 5.75 Å². The van der Waals surface area contributed by atoms with E-state index in [2.05, 4.69) is 24.3 Å². The van der Waals surface area contributed by atoms with Gasteiger partial charge in [0.25, 0.3) is 5.91 Å². The number of ether oxygens (including phenoxy) is 1. The second kappa shape index (κ2) is 5.78. The van der Waals surface area contributed by atoms with Gasteiger partial charge in [-0.25, -0.2) is 0 Å². The first-order chi connectivity index (χ1) is 12.0. The van der Waals surface area contributed by atoms with E-state index in [4.69, 9.17) is 16.3 Å². The lowest BCUT2D eigenvalue weighted by Crippen LogP contribution is -2.52. The summed E-state index contributed by atoms with van der Waals surface area (Å²) in [5.74, 6) is 0.601. The fourth-order valence-electron chi connectivity index (χ4n) is 3.30. The molecule has 4 heteroatoms. The molecule has 3 aromatic carbocycles. The van der Waals surface area contributed by atoms with Crippen LogP contribution in [-0.2, 0) is 11.3 Å². The average Bonchev–Trinajstić information content (AvgIpc) is 2.60. The third-order valence-electron chi connectivity index (χ3n) is 4.55. The number of hydrogen-bond acceptors (Lipinski definition) is 2. The van der Waals surface area contributed by atoms with Gasteiger partial charge in [-0.15, -0.1) is 0 Å². The zero-order valence-corrected chi connectivity index (χ0v) is 14.9. The summed E-state index contributed by atoms with van der Waals surface area (Å²) in [6.45, 7) is 4.06. The number of halogens is 1. The Labute approximate surface area is 151 Å². The highest BCUT2D eigenvalue weighted by atomic mass is 35.5. The maximum Gasteiger partial charge on any atom is 0.271 e. The lowest BCUT2D eigenvalue weighted by Gasteiger charge is -2.39. The molecule has 0 spiro atoms. The van der Waals surface area contributed by atoms with Gasteiger partial charge in [-0.3, -0.25) is 4.79 Å². The highest BCUT2D eigenvalue weighted by molar-refractivity contribution is 6.31. The van der Waals surface area contributed by atoms with Crippen LogP contribution < -0.4 is 9.64 Å². The van der Waals surface area contributed by atoms with E-state index in [1.807, 2.05) is 24.3 Å². The number of anilines is 1. The molecule has 0 atom stereocenters. The molecule has 0 saturated carbocycles. The third-order valence-corrected chi connectivity index (χ3v) is 4.78. The average molecular weight is 352 g/mol. The summed E-state index contributed by atoms with van der Waals surface area (Å²) in [5.41, 5.74) is 0.894. The number of rotatable bonds is 2. The quantitative estimate of drug-likeness (QED) is 0.635. The zero-order valence-electron chi connectivity index (χ0n) is 14.1. The van der Waals surface area contributed by atoms with Crippen LogP contribution >= 0.6 is 11.6 Å². The minimum absolute atomic E-state index is 0.0739. The summed E-state index contributed by atoms with van der Waals surface area (Å²) in [6.07, 6.45) is 0. The Hall–Kier alpha value is -2.52. The number of carbonyl (C=O) groups is 1. The summed E-state index contributed by atoms with van der Waals surface area (Å²) >= 11 is 6.17. The molecule has 3 aromatic rings. The van der Waals surface area contributed by atoms with Gasteiger partial charge in [0.15, 0.2) is 5.60 Å². The number of amides is 1. The smallest absolute Gasteiger partial charge is 0.271 e. The number of carbonyl (C=O) groups excluding carboxylic acids is 1. The van der Waals surface area contributed by atoms with Crippen molar-refractivity contribution in [2.45, 2.75) is 26.0 Å². The van der Waals surface area contributed by atoms with Gasteiger partial charge in [-0.1, -0.05) is 54.1 Å². The van der Waals surface area contributed by atoms with E-state index in [9.17, 15) is 4.79 Å². The van der Waals surface area contributed by atoms with Crippen LogP contribution in [0.4, 0.5) is 5.69 Å². The molecule has 25 heavy (non-hydrogen) atoms. The molecule has 0 fully saturated rings. The molecule has 0 radical (unpaired) electrons. The van der Waals surface area contributed by atoms with Crippen molar-refractivity contribution >= 4 is 34.0 Å². The summed E-state index contributed by atoms with van der Waals surface area (Å²) in [7, 11) is 0. The molecule has 0 aromatic heterocycles. The third kappa shape index (κ3) is 2.75. The number of benzene rings is 3. The first-order valence-electron chi connectivity index (χ1n) is 8.23. The molecule has 0 saturated heterocycles. The predicted molar refractivity (Wildman–Crippen MR) is 101 cm³/mol. The van der Waals surface area contributed by atoms with Crippen molar-refractivity contribution in [1.29, 1.82) is 0 Å². The summed E-state index contributed by atoms with van der Waals surface area (Å²) in [4.78, 5) is 14.8. The van der Waals surface area contributed by atoms with Crippen LogP contribution in [0.2, 0.25) is 5.02 Å². The first kappa shape index (κ1) is 16.0. The largest absolute Gasteiger partial charge is 0.476 e. The van der Waals surface area contributed by atoms with E-state index in [0.717, 1.165) is 16.3 Å². The Kier molecular flexibility index (Phi) is 3.69. The summed E-state index contributed by atoms with van der Waals surface area (Å²) < 4.78 is 5.89. The summed E-state index contributed by atoms with van der Waals surface area (Å²) in [6, 6.07) is 19.7. The maximum atomic E-state index is 13.0. The van der Waals surface area contributed by atoms with Crippen LogP contribution in [0.15, 0.2) is 60.7 Å². The summed E-state index contributed by atoms with van der Waals surface area (Å²) in [5, 5.41) is 2.88. The second-order valence-corrected chi connectivity index (χ2v) is 7.19. The molecule has 1 aliphatic rings. The van der Waals surface area contributed by atoms with E-state index in [1.165, 1.54) is 0 Å². The normalized spacial score (nSPS) is 15.8. The van der Waals surface area contributed by atoms with Gasteiger partial charge in [0, 0.05) is 5.02 Å². The van der Waals surface area contributed by atoms with Crippen LogP contribution in [0.5, 0.6) is 5.75 Å². The fourth-order valence-corrected chi connectivity index (χ4v) is 3.46. The van der Waals surface area contributed by atoms with E-state index in [0.29, 0.717) is 23.0 Å². The molecule has 3 nitrogen and oxygen atoms in total. The van der Waals surface area contributed by atoms with Crippen LogP contribution in [-0.4, -0.2) is 11.5 Å². The molecule has 0 aliphatic carbocycles. The first-order valence-corrected chi connectivity index (χ1v) is 8.61. The fraction of sp³-hybridized carbons (Fsp3) is 0.190. The second-order valence-electron chi connectivity index (χ2n) is 6.75. The standard InChI is InChI=1S/C21H18ClNO2/c1-21(2)20(24)23(18-12-16(22)10-11-19(18)25-21)13-15-8-5-7-14-6-3-4-9-17(14)15/h3-12H,13H2,1-2H3. The lowest BCUT2D eigenvalue weighted by atomic mass is 10.0. The molecule has 0 unspecified atom stereocenters. The minimum Gasteiger partial charge on any atom is -0.476 e. The molecular weight excluding hydrogens is 334 g/mol. The Morgan fingerprint density at radius 3 is 2.64 bits per heavy atom. The number of fused-ring (bicyclic) bond motifs is 2. The monoisotopic (exact) mass is 351 g/mol. The molecule has 1 aliphatic heterocycles. The van der Waals surface area contributed by atoms with Gasteiger partial charge in [0.1, 0.15) is 5.75 Å². The van der Waals surface area contributed by atoms with E-state index in [-0.39, 0.29) is 5.91 Å². The van der Waals surface area contributed by atoms with Crippen molar-refractivity contribution in [2.24, 2.45) is 0 Å². The highest BCUT2D eigenvalue weighted by Gasteiger charge is 2.41. The van der Waals surface area contributed by atoms with E-state index in [1.54, 1.807) is 30.9 Å². The van der Waals surface area contributed by atoms with Crippen LogP contribution in [0.25, 0.3) is 10.8 Å². The van der Waals surface area contributed by atoms with Crippen LogP contribution in [0.1, 0.15) is 19.4 Å². The number of hydrogen-bond donors (Lipinski definition) is 0. The van der Waals surface area contributed by atoms with Crippen LogP contribution in [0, 0.1) is 0 Å². The molecule has 0 N–H and O–H groups in total. The predicted octanol–water partition coefficient (Wildman–Crippen LogP) is 5.20. The molecule has 126 valence electrons. The Balaban J connectivity index is 1.83.